The number of nitrogens with zero attached hydrogens (tertiary/aromatic N) is 2. The molecule has 1 N–H and O–H groups in total. The minimum absolute atomic E-state index is 0.177. The SMILES string of the molecule is O=C(/C=C(/C(=O)[O-])c1ccccc1)Nc1ccc(N2CCN(c3ccc(F)cc3)CC2)cc1. The molecule has 0 spiro atoms. The van der Waals surface area contributed by atoms with Crippen molar-refractivity contribution < 1.29 is 19.1 Å². The Balaban J connectivity index is 1.36. The lowest BCUT2D eigenvalue weighted by molar-refractivity contribution is -0.295. The highest BCUT2D eigenvalue weighted by molar-refractivity contribution is 6.21. The second-order valence-electron chi connectivity index (χ2n) is 7.70. The molecule has 1 heterocycles. The van der Waals surface area contributed by atoms with E-state index in [4.69, 9.17) is 0 Å². The number of aliphatic carboxylic acids is 1. The Kier molecular flexibility index (Phi) is 6.69. The van der Waals surface area contributed by atoms with Crippen LogP contribution in [0.5, 0.6) is 0 Å². The zero-order chi connectivity index (χ0) is 23.2. The van der Waals surface area contributed by atoms with Crippen LogP contribution < -0.4 is 20.2 Å². The molecule has 1 fully saturated rings. The third kappa shape index (κ3) is 5.57. The Morgan fingerprint density at radius 3 is 1.82 bits per heavy atom. The number of carbonyl (C=O) groups is 2. The number of benzene rings is 3. The lowest BCUT2D eigenvalue weighted by atomic mass is 10.1. The average Bonchev–Trinajstić information content (AvgIpc) is 2.84. The largest absolute Gasteiger partial charge is 0.545 e. The first-order valence-corrected chi connectivity index (χ1v) is 10.6. The summed E-state index contributed by atoms with van der Waals surface area (Å²) in [6, 6.07) is 22.3. The number of halogens is 1. The van der Waals surface area contributed by atoms with Gasteiger partial charge in [-0.3, -0.25) is 4.79 Å². The minimum atomic E-state index is -1.41. The molecule has 3 aromatic rings. The van der Waals surface area contributed by atoms with Gasteiger partial charge < -0.3 is 25.0 Å². The van der Waals surface area contributed by atoms with Crippen LogP contribution in [-0.2, 0) is 9.59 Å². The van der Waals surface area contributed by atoms with Gasteiger partial charge in [0.1, 0.15) is 5.82 Å². The zero-order valence-electron chi connectivity index (χ0n) is 17.9. The number of carboxylic acids is 1. The normalized spacial score (nSPS) is 14.2. The van der Waals surface area contributed by atoms with Crippen molar-refractivity contribution in [3.8, 4) is 0 Å². The first-order chi connectivity index (χ1) is 16.0. The highest BCUT2D eigenvalue weighted by Crippen LogP contribution is 2.23. The maximum Gasteiger partial charge on any atom is 0.249 e. The van der Waals surface area contributed by atoms with E-state index in [1.165, 1.54) is 12.1 Å². The standard InChI is InChI=1S/C26H24FN3O3/c27-20-6-10-22(11-7-20)29-14-16-30(17-15-29)23-12-8-21(9-13-23)28-25(31)18-24(26(32)33)19-4-2-1-3-5-19/h1-13,18H,14-17H2,(H,28,31)(H,32,33)/p-1/b24-18+. The molecule has 6 nitrogen and oxygen atoms in total. The van der Waals surface area contributed by atoms with Gasteiger partial charge in [0, 0.05) is 54.9 Å². The van der Waals surface area contributed by atoms with Gasteiger partial charge in [-0.15, -0.1) is 0 Å². The fourth-order valence-corrected chi connectivity index (χ4v) is 3.82. The van der Waals surface area contributed by atoms with Gasteiger partial charge in [-0.25, -0.2) is 4.39 Å². The molecule has 3 aromatic carbocycles. The summed E-state index contributed by atoms with van der Waals surface area (Å²) in [5.74, 6) is -2.19. The predicted molar refractivity (Wildman–Crippen MR) is 125 cm³/mol. The van der Waals surface area contributed by atoms with Gasteiger partial charge in [-0.1, -0.05) is 30.3 Å². The number of amides is 1. The van der Waals surface area contributed by atoms with Crippen LogP contribution in [0.1, 0.15) is 5.56 Å². The molecular weight excluding hydrogens is 421 g/mol. The van der Waals surface area contributed by atoms with Gasteiger partial charge in [0.05, 0.1) is 5.97 Å². The van der Waals surface area contributed by atoms with Crippen molar-refractivity contribution in [2.45, 2.75) is 0 Å². The lowest BCUT2D eigenvalue weighted by Crippen LogP contribution is -2.46. The van der Waals surface area contributed by atoms with E-state index in [1.807, 2.05) is 12.1 Å². The smallest absolute Gasteiger partial charge is 0.249 e. The van der Waals surface area contributed by atoms with Gasteiger partial charge >= 0.3 is 0 Å². The summed E-state index contributed by atoms with van der Waals surface area (Å²) in [4.78, 5) is 28.3. The summed E-state index contributed by atoms with van der Waals surface area (Å²) in [7, 11) is 0. The fourth-order valence-electron chi connectivity index (χ4n) is 3.82. The number of hydrogen-bond acceptors (Lipinski definition) is 5. The van der Waals surface area contributed by atoms with Gasteiger partial charge in [0.25, 0.3) is 0 Å². The van der Waals surface area contributed by atoms with Gasteiger partial charge in [-0.2, -0.15) is 0 Å². The molecule has 0 atom stereocenters. The van der Waals surface area contributed by atoms with E-state index in [0.29, 0.717) is 11.3 Å². The van der Waals surface area contributed by atoms with Crippen molar-refractivity contribution in [1.29, 1.82) is 0 Å². The van der Waals surface area contributed by atoms with Crippen LogP contribution in [-0.4, -0.2) is 38.1 Å². The van der Waals surface area contributed by atoms with E-state index in [2.05, 4.69) is 15.1 Å². The fraction of sp³-hybridized carbons (Fsp3) is 0.154. The lowest BCUT2D eigenvalue weighted by Gasteiger charge is -2.37. The average molecular weight is 444 g/mol. The van der Waals surface area contributed by atoms with Gasteiger partial charge in [-0.05, 0) is 54.1 Å². The number of rotatable bonds is 6. The molecule has 1 amide bonds. The molecule has 1 saturated heterocycles. The molecule has 4 rings (SSSR count). The predicted octanol–water partition coefficient (Wildman–Crippen LogP) is 2.92. The Morgan fingerprint density at radius 2 is 1.30 bits per heavy atom. The maximum atomic E-state index is 13.1. The number of piperazine rings is 1. The molecule has 0 aromatic heterocycles. The van der Waals surface area contributed by atoms with E-state index >= 15 is 0 Å². The van der Waals surface area contributed by atoms with Crippen molar-refractivity contribution in [3.05, 3.63) is 96.3 Å². The van der Waals surface area contributed by atoms with Crippen molar-refractivity contribution in [3.63, 3.8) is 0 Å². The second kappa shape index (κ2) is 9.99. The van der Waals surface area contributed by atoms with Gasteiger partial charge in [0.2, 0.25) is 5.91 Å². The highest BCUT2D eigenvalue weighted by atomic mass is 19.1. The van der Waals surface area contributed by atoms with Crippen molar-refractivity contribution in [1.82, 2.24) is 0 Å². The highest BCUT2D eigenvalue weighted by Gasteiger charge is 2.17. The third-order valence-electron chi connectivity index (χ3n) is 5.55. The first kappa shape index (κ1) is 22.1. The van der Waals surface area contributed by atoms with Gasteiger partial charge in [0.15, 0.2) is 0 Å². The topological polar surface area (TPSA) is 75.7 Å². The number of hydrogen-bond donors (Lipinski definition) is 1. The summed E-state index contributed by atoms with van der Waals surface area (Å²) in [6.07, 6.45) is 1.03. The van der Waals surface area contributed by atoms with Crippen molar-refractivity contribution >= 4 is 34.5 Å². The van der Waals surface area contributed by atoms with Crippen LogP contribution in [0.15, 0.2) is 84.9 Å². The number of anilines is 3. The van der Waals surface area contributed by atoms with E-state index in [-0.39, 0.29) is 11.4 Å². The minimum Gasteiger partial charge on any atom is -0.545 e. The zero-order valence-corrected chi connectivity index (χ0v) is 17.9. The molecule has 0 unspecified atom stereocenters. The maximum absolute atomic E-state index is 13.1. The Hall–Kier alpha value is -4.13. The molecule has 168 valence electrons. The molecule has 0 saturated carbocycles. The second-order valence-corrected chi connectivity index (χ2v) is 7.70. The molecular formula is C26H23FN3O3-. The Morgan fingerprint density at radius 1 is 0.788 bits per heavy atom. The Labute approximate surface area is 191 Å². The summed E-state index contributed by atoms with van der Waals surface area (Å²) >= 11 is 0. The third-order valence-corrected chi connectivity index (χ3v) is 5.55. The monoisotopic (exact) mass is 444 g/mol. The molecule has 7 heteroatoms. The van der Waals surface area contributed by atoms with Crippen LogP contribution in [0, 0.1) is 5.82 Å². The molecule has 0 bridgehead atoms. The van der Waals surface area contributed by atoms with E-state index in [1.54, 1.807) is 54.6 Å². The summed E-state index contributed by atoms with van der Waals surface area (Å²) in [5.41, 5.74) is 2.83. The Bertz CT molecular complexity index is 1140. The van der Waals surface area contributed by atoms with Crippen molar-refractivity contribution in [2.75, 3.05) is 41.3 Å². The van der Waals surface area contributed by atoms with Crippen LogP contribution in [0.3, 0.4) is 0 Å². The molecule has 1 aliphatic heterocycles. The van der Waals surface area contributed by atoms with Crippen LogP contribution in [0.2, 0.25) is 0 Å². The van der Waals surface area contributed by atoms with Crippen LogP contribution >= 0.6 is 0 Å². The molecule has 0 radical (unpaired) electrons. The van der Waals surface area contributed by atoms with E-state index in [0.717, 1.165) is 43.6 Å². The number of carbonyl (C=O) groups excluding carboxylic acids is 2. The number of nitrogens with one attached hydrogen (secondary N) is 1. The molecule has 33 heavy (non-hydrogen) atoms. The van der Waals surface area contributed by atoms with Crippen LogP contribution in [0.4, 0.5) is 21.5 Å². The van der Waals surface area contributed by atoms with Crippen LogP contribution in [0.25, 0.3) is 5.57 Å². The summed E-state index contributed by atoms with van der Waals surface area (Å²) in [5, 5.41) is 14.1. The molecule has 0 aliphatic carbocycles. The van der Waals surface area contributed by atoms with E-state index < -0.39 is 11.9 Å². The quantitative estimate of drug-likeness (QED) is 0.592. The summed E-state index contributed by atoms with van der Waals surface area (Å²) in [6.45, 7) is 3.27. The first-order valence-electron chi connectivity index (χ1n) is 10.6. The number of carboxylic acid groups (broad SMARTS) is 1. The summed E-state index contributed by atoms with van der Waals surface area (Å²) < 4.78 is 13.1. The molecule has 1 aliphatic rings. The van der Waals surface area contributed by atoms with E-state index in [9.17, 15) is 19.1 Å². The van der Waals surface area contributed by atoms with Crippen molar-refractivity contribution in [2.24, 2.45) is 0 Å².